The van der Waals surface area contributed by atoms with Crippen LogP contribution in [0.25, 0.3) is 0 Å². The van der Waals surface area contributed by atoms with Crippen LogP contribution in [0, 0.1) is 11.3 Å². The Morgan fingerprint density at radius 2 is 2.08 bits per heavy atom. The number of fused-ring (bicyclic) bond motifs is 1. The lowest BCUT2D eigenvalue weighted by Crippen LogP contribution is -2.48. The number of anilines is 2. The van der Waals surface area contributed by atoms with Crippen molar-refractivity contribution in [3.05, 3.63) is 40.6 Å². The van der Waals surface area contributed by atoms with Crippen LogP contribution in [-0.4, -0.2) is 84.1 Å². The molecular weight excluding hydrogens is 502 g/mol. The summed E-state index contributed by atoms with van der Waals surface area (Å²) < 4.78 is 5.59. The first-order chi connectivity index (χ1) is 18.4. The second-order valence-corrected chi connectivity index (χ2v) is 10.7. The number of carbonyl (C=O) groups excluding carboxylic acids is 2. The minimum Gasteiger partial charge on any atom is -0.481 e. The molecule has 0 spiro atoms. The highest BCUT2D eigenvalue weighted by atomic mass is 32.2. The van der Waals surface area contributed by atoms with E-state index < -0.39 is 0 Å². The Hall–Kier alpha value is -3.36. The average molecular weight is 538 g/mol. The molecule has 11 heteroatoms. The number of pyridine rings is 2. The molecule has 2 aliphatic rings. The van der Waals surface area contributed by atoms with E-state index in [0.29, 0.717) is 49.3 Å². The van der Waals surface area contributed by atoms with Gasteiger partial charge in [0.1, 0.15) is 17.7 Å². The SMILES string of the molecule is COc1nc2c(cc1CN1CCN(C)CC1=O)CCCN2C(=O)Nc1cc(CCCCSC)c(C#N)cn1. The van der Waals surface area contributed by atoms with E-state index in [1.165, 1.54) is 6.20 Å². The quantitative estimate of drug-likeness (QED) is 0.485. The number of nitriles is 1. The number of rotatable bonds is 9. The van der Waals surface area contributed by atoms with Crippen LogP contribution in [0.3, 0.4) is 0 Å². The van der Waals surface area contributed by atoms with E-state index in [-0.39, 0.29) is 11.9 Å². The van der Waals surface area contributed by atoms with E-state index >= 15 is 0 Å². The zero-order valence-electron chi connectivity index (χ0n) is 22.3. The van der Waals surface area contributed by atoms with Crippen molar-refractivity contribution in [3.8, 4) is 11.9 Å². The van der Waals surface area contributed by atoms with Gasteiger partial charge in [0.05, 0.1) is 25.8 Å². The van der Waals surface area contributed by atoms with Gasteiger partial charge in [-0.3, -0.25) is 19.9 Å². The third-order valence-corrected chi connectivity index (χ3v) is 7.60. The van der Waals surface area contributed by atoms with E-state index in [4.69, 9.17) is 9.72 Å². The molecule has 0 saturated carbocycles. The molecule has 0 bridgehead atoms. The summed E-state index contributed by atoms with van der Waals surface area (Å²) in [5, 5.41) is 12.4. The largest absolute Gasteiger partial charge is 0.481 e. The first kappa shape index (κ1) is 27.7. The summed E-state index contributed by atoms with van der Waals surface area (Å²) >= 11 is 1.81. The third-order valence-electron chi connectivity index (χ3n) is 6.90. The molecule has 1 fully saturated rings. The van der Waals surface area contributed by atoms with Gasteiger partial charge in [0, 0.05) is 31.4 Å². The van der Waals surface area contributed by atoms with Gasteiger partial charge in [-0.05, 0) is 74.4 Å². The molecule has 1 N–H and O–H groups in total. The predicted molar refractivity (Wildman–Crippen MR) is 149 cm³/mol. The summed E-state index contributed by atoms with van der Waals surface area (Å²) in [6.45, 7) is 2.82. The molecule has 2 aromatic rings. The number of aromatic nitrogens is 2. The van der Waals surface area contributed by atoms with Gasteiger partial charge in [-0.1, -0.05) is 0 Å². The van der Waals surface area contributed by atoms with Crippen LogP contribution in [-0.2, 0) is 24.2 Å². The Morgan fingerprint density at radius 1 is 1.24 bits per heavy atom. The summed E-state index contributed by atoms with van der Waals surface area (Å²) in [5.74, 6) is 2.55. The molecule has 0 aromatic carbocycles. The average Bonchev–Trinajstić information content (AvgIpc) is 2.92. The fraction of sp³-hybridized carbons (Fsp3) is 0.519. The van der Waals surface area contributed by atoms with E-state index in [9.17, 15) is 14.9 Å². The molecule has 4 rings (SSSR count). The smallest absolute Gasteiger partial charge is 0.328 e. The van der Waals surface area contributed by atoms with Gasteiger partial charge in [-0.25, -0.2) is 9.78 Å². The lowest BCUT2D eigenvalue weighted by molar-refractivity contribution is -0.136. The van der Waals surface area contributed by atoms with Crippen molar-refractivity contribution in [2.75, 3.05) is 62.6 Å². The van der Waals surface area contributed by atoms with E-state index in [1.54, 1.807) is 29.8 Å². The molecular formula is C27H35N7O3S. The molecule has 0 atom stereocenters. The topological polar surface area (TPSA) is 115 Å². The maximum Gasteiger partial charge on any atom is 0.328 e. The number of piperazine rings is 1. The van der Waals surface area contributed by atoms with Crippen molar-refractivity contribution in [2.45, 2.75) is 38.6 Å². The van der Waals surface area contributed by atoms with Crippen LogP contribution in [0.4, 0.5) is 16.4 Å². The fourth-order valence-corrected chi connectivity index (χ4v) is 5.32. The molecule has 2 aliphatic heterocycles. The van der Waals surface area contributed by atoms with Gasteiger partial charge >= 0.3 is 6.03 Å². The Balaban J connectivity index is 1.51. The number of carbonyl (C=O) groups is 2. The number of thioether (sulfide) groups is 1. The monoisotopic (exact) mass is 537 g/mol. The van der Waals surface area contributed by atoms with Gasteiger partial charge in [0.15, 0.2) is 0 Å². The second kappa shape index (κ2) is 12.9. The first-order valence-corrected chi connectivity index (χ1v) is 14.3. The molecule has 3 amide bonds. The molecule has 38 heavy (non-hydrogen) atoms. The first-order valence-electron chi connectivity index (χ1n) is 12.9. The van der Waals surface area contributed by atoms with Crippen LogP contribution in [0.15, 0.2) is 18.3 Å². The molecule has 10 nitrogen and oxygen atoms in total. The van der Waals surface area contributed by atoms with Crippen LogP contribution >= 0.6 is 11.8 Å². The minimum absolute atomic E-state index is 0.0815. The van der Waals surface area contributed by atoms with Crippen molar-refractivity contribution >= 4 is 35.3 Å². The Labute approximate surface area is 228 Å². The Kier molecular flexibility index (Phi) is 9.42. The van der Waals surface area contributed by atoms with Crippen molar-refractivity contribution < 1.29 is 14.3 Å². The van der Waals surface area contributed by atoms with Gasteiger partial charge in [0.2, 0.25) is 11.8 Å². The molecule has 2 aromatic heterocycles. The zero-order valence-corrected chi connectivity index (χ0v) is 23.1. The van der Waals surface area contributed by atoms with Crippen molar-refractivity contribution in [1.29, 1.82) is 5.26 Å². The number of aryl methyl sites for hydroxylation is 2. The molecule has 202 valence electrons. The number of methoxy groups -OCH3 is 1. The Morgan fingerprint density at radius 3 is 2.82 bits per heavy atom. The fourth-order valence-electron chi connectivity index (χ4n) is 4.83. The maximum absolute atomic E-state index is 13.3. The summed E-state index contributed by atoms with van der Waals surface area (Å²) in [7, 11) is 3.50. The number of hydrogen-bond acceptors (Lipinski definition) is 8. The number of urea groups is 1. The number of unbranched alkanes of at least 4 members (excludes halogenated alkanes) is 1. The highest BCUT2D eigenvalue weighted by Crippen LogP contribution is 2.32. The number of likely N-dealkylation sites (N-methyl/N-ethyl adjacent to an activating group) is 1. The van der Waals surface area contributed by atoms with Crippen molar-refractivity contribution in [2.24, 2.45) is 0 Å². The van der Waals surface area contributed by atoms with Crippen LogP contribution < -0.4 is 15.0 Å². The minimum atomic E-state index is -0.326. The standard InChI is InChI=1S/C27H35N7O3S/c1-32-10-11-33(24(35)18-32)17-21-13-20-8-6-9-34(25(20)31-26(21)37-2)27(36)30-23-14-19(7-4-5-12-38-3)22(15-28)16-29-23/h13-14,16H,4-12,17-18H2,1-3H3,(H,29,30,36). The normalized spacial score (nSPS) is 15.7. The lowest BCUT2D eigenvalue weighted by atomic mass is 10.0. The number of hydrogen-bond donors (Lipinski definition) is 1. The van der Waals surface area contributed by atoms with Gasteiger partial charge in [0.25, 0.3) is 0 Å². The molecule has 1 saturated heterocycles. The predicted octanol–water partition coefficient (Wildman–Crippen LogP) is 3.30. The molecule has 0 aliphatic carbocycles. The van der Waals surface area contributed by atoms with Gasteiger partial charge in [-0.15, -0.1) is 0 Å². The number of nitrogens with zero attached hydrogens (tertiary/aromatic N) is 6. The lowest BCUT2D eigenvalue weighted by Gasteiger charge is -2.33. The van der Waals surface area contributed by atoms with Crippen LogP contribution in [0.2, 0.25) is 0 Å². The Bertz CT molecular complexity index is 1220. The van der Waals surface area contributed by atoms with Gasteiger partial charge in [-0.2, -0.15) is 22.0 Å². The number of ether oxygens (including phenoxy) is 1. The van der Waals surface area contributed by atoms with E-state index in [0.717, 1.165) is 61.1 Å². The molecule has 4 heterocycles. The van der Waals surface area contributed by atoms with E-state index in [2.05, 4.69) is 22.6 Å². The van der Waals surface area contributed by atoms with Gasteiger partial charge < -0.3 is 9.64 Å². The zero-order chi connectivity index (χ0) is 27.1. The maximum atomic E-state index is 13.3. The summed E-state index contributed by atoms with van der Waals surface area (Å²) in [5.41, 5.74) is 3.21. The summed E-state index contributed by atoms with van der Waals surface area (Å²) in [6.07, 6.45) is 7.99. The third kappa shape index (κ3) is 6.55. The second-order valence-electron chi connectivity index (χ2n) is 9.67. The summed E-state index contributed by atoms with van der Waals surface area (Å²) in [6, 6.07) is 5.69. The van der Waals surface area contributed by atoms with Crippen molar-refractivity contribution in [3.63, 3.8) is 0 Å². The van der Waals surface area contributed by atoms with Crippen molar-refractivity contribution in [1.82, 2.24) is 19.8 Å². The molecule has 0 radical (unpaired) electrons. The summed E-state index contributed by atoms with van der Waals surface area (Å²) in [4.78, 5) is 40.3. The molecule has 0 unspecified atom stereocenters. The van der Waals surface area contributed by atoms with Crippen LogP contribution in [0.5, 0.6) is 5.88 Å². The highest BCUT2D eigenvalue weighted by Gasteiger charge is 2.28. The van der Waals surface area contributed by atoms with Crippen LogP contribution in [0.1, 0.15) is 41.5 Å². The number of amides is 3. The highest BCUT2D eigenvalue weighted by molar-refractivity contribution is 7.98. The van der Waals surface area contributed by atoms with E-state index in [1.807, 2.05) is 22.9 Å². The number of nitrogens with one attached hydrogen (secondary N) is 1.